The topological polar surface area (TPSA) is 13.1 Å². The molecule has 2 aliphatic rings. The fourth-order valence-electron chi connectivity index (χ4n) is 5.27. The minimum absolute atomic E-state index is 0.352. The second kappa shape index (κ2) is 7.58. The summed E-state index contributed by atoms with van der Waals surface area (Å²) in [6.07, 6.45) is 1.81. The first-order valence-electron chi connectivity index (χ1n) is 10.2. The predicted octanol–water partition coefficient (Wildman–Crippen LogP) is 7.50. The zero-order valence-electron chi connectivity index (χ0n) is 18.1. The third-order valence-electron chi connectivity index (χ3n) is 6.95. The van der Waals surface area contributed by atoms with Gasteiger partial charge in [-0.2, -0.15) is 0 Å². The third-order valence-corrected chi connectivity index (χ3v) is 27.0. The molecule has 1 aromatic heterocycles. The number of hydrogen-bond acceptors (Lipinski definition) is 1. The molecule has 0 bridgehead atoms. The Labute approximate surface area is 177 Å². The molecule has 0 aliphatic heterocycles. The van der Waals surface area contributed by atoms with Gasteiger partial charge in [0.2, 0.25) is 0 Å². The molecule has 144 valence electrons. The van der Waals surface area contributed by atoms with Crippen LogP contribution >= 0.6 is 0 Å². The second-order valence-corrected chi connectivity index (χ2v) is 26.4. The maximum absolute atomic E-state index is 5.89. The van der Waals surface area contributed by atoms with Crippen LogP contribution in [0, 0.1) is 0 Å². The van der Waals surface area contributed by atoms with E-state index in [-0.39, 0.29) is 5.43 Å². The van der Waals surface area contributed by atoms with Gasteiger partial charge in [-0.15, -0.1) is 0 Å². The molecule has 0 spiro atoms. The van der Waals surface area contributed by atoms with E-state index >= 15 is 0 Å². The van der Waals surface area contributed by atoms with E-state index < -0.39 is 20.4 Å². The van der Waals surface area contributed by atoms with Crippen molar-refractivity contribution in [3.8, 4) is 0 Å². The standard InChI is InChI=1S/C14H11O.C9H13.C2H6Si.Zr/c1-10-9-11-5-2-3-6-12(11)14(10)13-7-4-8-15-13;1-6-5-7(2)9(4)8(6)3;1-3-2;/h2-9H,1H3;5H,1-4H3;1-2H3;. The molecule has 0 radical (unpaired) electrons. The summed E-state index contributed by atoms with van der Waals surface area (Å²) in [7, 11) is 0. The van der Waals surface area contributed by atoms with Crippen molar-refractivity contribution >= 4 is 11.0 Å². The fraction of sp³-hybridized carbons (Fsp3) is 0.360. The van der Waals surface area contributed by atoms with Gasteiger partial charge in [0.05, 0.1) is 0 Å². The van der Waals surface area contributed by atoms with E-state index in [4.69, 9.17) is 4.42 Å². The van der Waals surface area contributed by atoms with E-state index in [9.17, 15) is 0 Å². The molecular formula is C25H30OSiZr. The molecule has 0 amide bonds. The van der Waals surface area contributed by atoms with Crippen LogP contribution < -0.4 is 0 Å². The van der Waals surface area contributed by atoms with Gasteiger partial charge in [-0.1, -0.05) is 0 Å². The van der Waals surface area contributed by atoms with Gasteiger partial charge >= 0.3 is 178 Å². The molecule has 0 N–H and O–H groups in total. The molecule has 4 rings (SSSR count). The van der Waals surface area contributed by atoms with Crippen LogP contribution in [0.2, 0.25) is 16.7 Å². The molecule has 1 nitrogen and oxygen atoms in total. The molecule has 3 heteroatoms. The summed E-state index contributed by atoms with van der Waals surface area (Å²) in [6, 6.07) is 13.3. The maximum atomic E-state index is 5.89. The van der Waals surface area contributed by atoms with Gasteiger partial charge in [-0.05, 0) is 0 Å². The van der Waals surface area contributed by atoms with Crippen LogP contribution in [0.15, 0.2) is 74.9 Å². The van der Waals surface area contributed by atoms with Gasteiger partial charge in [0.15, 0.2) is 0 Å². The Balaban J connectivity index is 1.96. The van der Waals surface area contributed by atoms with Gasteiger partial charge in [0.1, 0.15) is 0 Å². The van der Waals surface area contributed by atoms with Crippen molar-refractivity contribution in [2.45, 2.75) is 55.0 Å². The Morgan fingerprint density at radius 1 is 0.786 bits per heavy atom. The SMILES string of the molecule is CC1=C(C)[CH]([Zr]([CH]2C(C)=C(c3ccco3)c3ccccc32)=[Si](C)C)C(C)=C1C. The van der Waals surface area contributed by atoms with Crippen molar-refractivity contribution in [1.82, 2.24) is 0 Å². The molecule has 0 saturated carbocycles. The molecular weight excluding hydrogens is 436 g/mol. The molecule has 2 aliphatic carbocycles. The van der Waals surface area contributed by atoms with E-state index in [2.05, 4.69) is 78.0 Å². The van der Waals surface area contributed by atoms with Crippen molar-refractivity contribution < 1.29 is 24.8 Å². The summed E-state index contributed by atoms with van der Waals surface area (Å²) in [4.78, 5) is 0. The van der Waals surface area contributed by atoms with E-state index in [1.165, 1.54) is 11.1 Å². The summed E-state index contributed by atoms with van der Waals surface area (Å²) in [5.74, 6) is 1.04. The molecule has 2 aromatic rings. The summed E-state index contributed by atoms with van der Waals surface area (Å²) in [5.41, 5.74) is 12.0. The number of allylic oxidation sites excluding steroid dienone is 5. The Kier molecular flexibility index (Phi) is 5.44. The van der Waals surface area contributed by atoms with Gasteiger partial charge in [0, 0.05) is 0 Å². The average molecular weight is 466 g/mol. The van der Waals surface area contributed by atoms with Crippen molar-refractivity contribution in [2.24, 2.45) is 0 Å². The third kappa shape index (κ3) is 2.97. The van der Waals surface area contributed by atoms with E-state index in [0.717, 1.165) is 9.39 Å². The van der Waals surface area contributed by atoms with Crippen LogP contribution in [0.4, 0.5) is 0 Å². The summed E-state index contributed by atoms with van der Waals surface area (Å²) in [6.45, 7) is 17.1. The van der Waals surface area contributed by atoms with Crippen LogP contribution in [-0.2, 0) is 20.4 Å². The summed E-state index contributed by atoms with van der Waals surface area (Å²) >= 11 is -1.90. The zero-order valence-corrected chi connectivity index (χ0v) is 21.6. The molecule has 1 unspecified atom stereocenters. The van der Waals surface area contributed by atoms with Gasteiger partial charge in [-0.3, -0.25) is 0 Å². The zero-order chi connectivity index (χ0) is 20.2. The van der Waals surface area contributed by atoms with Crippen LogP contribution in [0.5, 0.6) is 0 Å². The number of fused-ring (bicyclic) bond motifs is 1. The first kappa shape index (κ1) is 20.1. The minimum atomic E-state index is -1.90. The Morgan fingerprint density at radius 2 is 1.43 bits per heavy atom. The average Bonchev–Trinajstić information content (AvgIpc) is 3.33. The summed E-state index contributed by atoms with van der Waals surface area (Å²) < 4.78 is 7.31. The van der Waals surface area contributed by atoms with Crippen LogP contribution in [0.25, 0.3) is 5.57 Å². The summed E-state index contributed by atoms with van der Waals surface area (Å²) in [5, 5.41) is 0. The van der Waals surface area contributed by atoms with Crippen LogP contribution in [0.3, 0.4) is 0 Å². The second-order valence-electron chi connectivity index (χ2n) is 8.56. The predicted molar refractivity (Wildman–Crippen MR) is 118 cm³/mol. The van der Waals surface area contributed by atoms with Crippen molar-refractivity contribution in [1.29, 1.82) is 0 Å². The molecule has 0 saturated heterocycles. The molecule has 1 aromatic carbocycles. The Hall–Kier alpha value is -1.18. The number of rotatable bonds is 3. The normalized spacial score (nSPS) is 19.8. The number of benzene rings is 1. The first-order chi connectivity index (χ1) is 13.3. The number of hydrogen-bond donors (Lipinski definition) is 0. The first-order valence-corrected chi connectivity index (χ1v) is 19.2. The Bertz CT molecular complexity index is 1050. The van der Waals surface area contributed by atoms with E-state index in [1.54, 1.807) is 33.4 Å². The molecule has 1 heterocycles. The Morgan fingerprint density at radius 3 is 2.00 bits per heavy atom. The quantitative estimate of drug-likeness (QED) is 0.428. The molecule has 0 fully saturated rings. The van der Waals surface area contributed by atoms with Crippen LogP contribution in [-0.4, -0.2) is 5.43 Å². The monoisotopic (exact) mass is 464 g/mol. The molecule has 28 heavy (non-hydrogen) atoms. The van der Waals surface area contributed by atoms with E-state index in [1.807, 2.05) is 12.3 Å². The molecule has 1 atom stereocenters. The van der Waals surface area contributed by atoms with E-state index in [0.29, 0.717) is 3.63 Å². The van der Waals surface area contributed by atoms with Crippen molar-refractivity contribution in [2.75, 3.05) is 0 Å². The van der Waals surface area contributed by atoms with Crippen molar-refractivity contribution in [3.05, 3.63) is 87.4 Å². The van der Waals surface area contributed by atoms with Crippen LogP contribution in [0.1, 0.15) is 55.1 Å². The van der Waals surface area contributed by atoms with Gasteiger partial charge in [0.25, 0.3) is 0 Å². The fourth-order valence-corrected chi connectivity index (χ4v) is 26.8. The van der Waals surface area contributed by atoms with Crippen molar-refractivity contribution in [3.63, 3.8) is 0 Å². The van der Waals surface area contributed by atoms with Gasteiger partial charge < -0.3 is 0 Å². The van der Waals surface area contributed by atoms with Gasteiger partial charge in [-0.25, -0.2) is 0 Å². The number of furan rings is 1.